The number of hydrogen-bond acceptors (Lipinski definition) is 3. The van der Waals surface area contributed by atoms with E-state index in [0.717, 1.165) is 40.6 Å². The molecule has 0 spiro atoms. The first-order valence-corrected chi connectivity index (χ1v) is 12.0. The van der Waals surface area contributed by atoms with Crippen molar-refractivity contribution in [2.45, 2.75) is 12.8 Å². The lowest BCUT2D eigenvalue weighted by molar-refractivity contribution is 1.17. The van der Waals surface area contributed by atoms with Crippen LogP contribution in [-0.4, -0.2) is 19.4 Å². The molecule has 3 aromatic carbocycles. The smallest absolute Gasteiger partial charge is 0.178 e. The van der Waals surface area contributed by atoms with Gasteiger partial charge in [0, 0.05) is 29.4 Å². The zero-order valence-electron chi connectivity index (χ0n) is 18.8. The second kappa shape index (κ2) is 6.10. The number of benzene rings is 3. The third-order valence-electron chi connectivity index (χ3n) is 8.05. The molecule has 0 aliphatic heterocycles. The van der Waals surface area contributed by atoms with Gasteiger partial charge < -0.3 is 0 Å². The van der Waals surface area contributed by atoms with E-state index in [2.05, 4.69) is 75.0 Å². The van der Waals surface area contributed by atoms with E-state index in [1.165, 1.54) is 55.3 Å². The van der Waals surface area contributed by atoms with E-state index >= 15 is 0 Å². The quantitative estimate of drug-likeness (QED) is 0.243. The zero-order valence-corrected chi connectivity index (χ0v) is 18.8. The molecule has 2 aliphatic rings. The van der Waals surface area contributed by atoms with Crippen LogP contribution in [0.15, 0.2) is 85.3 Å². The number of imidazole rings is 1. The molecule has 4 heteroatoms. The lowest BCUT2D eigenvalue weighted by Gasteiger charge is -2.12. The number of nitrogens with zero attached hydrogens (tertiary/aromatic N) is 4. The third kappa shape index (κ3) is 2.11. The molecular formula is C31H18N4. The third-order valence-corrected chi connectivity index (χ3v) is 8.05. The Morgan fingerprint density at radius 1 is 0.629 bits per heavy atom. The summed E-state index contributed by atoms with van der Waals surface area (Å²) in [6, 6.07) is 24.2. The van der Waals surface area contributed by atoms with Crippen molar-refractivity contribution in [1.82, 2.24) is 19.4 Å². The van der Waals surface area contributed by atoms with E-state index in [9.17, 15) is 0 Å². The van der Waals surface area contributed by atoms with Crippen molar-refractivity contribution in [3.8, 4) is 22.3 Å². The Labute approximate surface area is 200 Å². The predicted molar refractivity (Wildman–Crippen MR) is 140 cm³/mol. The van der Waals surface area contributed by atoms with E-state index in [1.807, 2.05) is 24.7 Å². The Hall–Kier alpha value is -4.57. The molecule has 0 saturated heterocycles. The van der Waals surface area contributed by atoms with E-state index < -0.39 is 0 Å². The highest BCUT2D eigenvalue weighted by atomic mass is 15.1. The molecule has 0 amide bonds. The summed E-state index contributed by atoms with van der Waals surface area (Å²) < 4.78 is 2.27. The van der Waals surface area contributed by atoms with Crippen molar-refractivity contribution in [2.24, 2.45) is 0 Å². The monoisotopic (exact) mass is 446 g/mol. The van der Waals surface area contributed by atoms with Crippen LogP contribution in [0.1, 0.15) is 22.3 Å². The van der Waals surface area contributed by atoms with Crippen molar-refractivity contribution >= 4 is 38.5 Å². The van der Waals surface area contributed by atoms with Crippen molar-refractivity contribution < 1.29 is 0 Å². The fraction of sp³-hybridized carbons (Fsp3) is 0.0645. The molecule has 2 aliphatic carbocycles. The van der Waals surface area contributed by atoms with Gasteiger partial charge >= 0.3 is 0 Å². The Kier molecular flexibility index (Phi) is 3.11. The second-order valence-corrected chi connectivity index (χ2v) is 9.65. The van der Waals surface area contributed by atoms with Crippen LogP contribution in [0.2, 0.25) is 0 Å². The molecule has 0 radical (unpaired) electrons. The van der Waals surface area contributed by atoms with Crippen LogP contribution >= 0.6 is 0 Å². The van der Waals surface area contributed by atoms with Crippen molar-refractivity contribution in [2.75, 3.05) is 0 Å². The fourth-order valence-electron chi connectivity index (χ4n) is 6.58. The van der Waals surface area contributed by atoms with Crippen LogP contribution in [0.25, 0.3) is 60.7 Å². The van der Waals surface area contributed by atoms with E-state index in [4.69, 9.17) is 4.98 Å². The number of rotatable bonds is 0. The summed E-state index contributed by atoms with van der Waals surface area (Å²) in [5.74, 6) is 0. The molecule has 4 heterocycles. The standard InChI is InChI=1S/C31H18N4/c1-2-5-18-17(4-1)14-23-19(18)7-8-20-21-9-10-22-26-16-32-13-11-27(26)35-28-6-3-12-33-30(28)34-31(35)29(22)25(21)15-24(20)23/h1-13,16H,14-15H2. The second-order valence-electron chi connectivity index (χ2n) is 9.65. The van der Waals surface area contributed by atoms with Gasteiger partial charge in [-0.3, -0.25) is 9.38 Å². The topological polar surface area (TPSA) is 43.1 Å². The van der Waals surface area contributed by atoms with Crippen molar-refractivity contribution in [3.63, 3.8) is 0 Å². The van der Waals surface area contributed by atoms with Gasteiger partial charge in [-0.1, -0.05) is 48.5 Å². The van der Waals surface area contributed by atoms with Gasteiger partial charge in [0.05, 0.1) is 11.0 Å². The summed E-state index contributed by atoms with van der Waals surface area (Å²) in [7, 11) is 0. The van der Waals surface area contributed by atoms with Crippen molar-refractivity contribution in [3.05, 3.63) is 108 Å². The van der Waals surface area contributed by atoms with Gasteiger partial charge in [0.15, 0.2) is 5.65 Å². The minimum atomic E-state index is 0.780. The lowest BCUT2D eigenvalue weighted by Crippen LogP contribution is -1.95. The van der Waals surface area contributed by atoms with Gasteiger partial charge in [-0.15, -0.1) is 0 Å². The summed E-state index contributed by atoms with van der Waals surface area (Å²) in [6.45, 7) is 0. The molecule has 0 bridgehead atoms. The highest BCUT2D eigenvalue weighted by molar-refractivity contribution is 6.16. The van der Waals surface area contributed by atoms with Crippen molar-refractivity contribution in [1.29, 1.82) is 0 Å². The predicted octanol–water partition coefficient (Wildman–Crippen LogP) is 6.73. The molecular weight excluding hydrogens is 428 g/mol. The first kappa shape index (κ1) is 17.8. The summed E-state index contributed by atoms with van der Waals surface area (Å²) >= 11 is 0. The Morgan fingerprint density at radius 2 is 1.46 bits per heavy atom. The SMILES string of the molecule is c1ccc2c(c1)Cc1c-2ccc2c1Cc1c-2ccc2c3cnccc3n3c4cccnc4nc3c12. The highest BCUT2D eigenvalue weighted by Gasteiger charge is 2.30. The number of fused-ring (bicyclic) bond motifs is 16. The molecule has 4 nitrogen and oxygen atoms in total. The molecule has 0 saturated carbocycles. The van der Waals surface area contributed by atoms with Crippen LogP contribution in [0.3, 0.4) is 0 Å². The first-order valence-electron chi connectivity index (χ1n) is 12.0. The van der Waals surface area contributed by atoms with Crippen LogP contribution < -0.4 is 0 Å². The van der Waals surface area contributed by atoms with Gasteiger partial charge in [-0.2, -0.15) is 0 Å². The minimum absolute atomic E-state index is 0.780. The number of pyridine rings is 3. The summed E-state index contributed by atoms with van der Waals surface area (Å²) in [6.07, 6.45) is 7.61. The molecule has 7 aromatic rings. The average Bonchev–Trinajstić information content (AvgIpc) is 3.59. The van der Waals surface area contributed by atoms with Crippen LogP contribution in [-0.2, 0) is 12.8 Å². The average molecular weight is 447 g/mol. The van der Waals surface area contributed by atoms with E-state index in [0.29, 0.717) is 0 Å². The Balaban J connectivity index is 1.41. The Morgan fingerprint density at radius 3 is 2.43 bits per heavy atom. The van der Waals surface area contributed by atoms with Gasteiger partial charge in [-0.25, -0.2) is 9.97 Å². The number of aromatic nitrogens is 4. The van der Waals surface area contributed by atoms with Crippen LogP contribution in [0.5, 0.6) is 0 Å². The summed E-state index contributed by atoms with van der Waals surface area (Å²) in [5, 5.41) is 3.58. The normalized spacial score (nSPS) is 13.5. The number of hydrogen-bond donors (Lipinski definition) is 0. The molecule has 35 heavy (non-hydrogen) atoms. The van der Waals surface area contributed by atoms with Crippen LogP contribution in [0, 0.1) is 0 Å². The maximum absolute atomic E-state index is 5.07. The summed E-state index contributed by atoms with van der Waals surface area (Å²) in [5.41, 5.74) is 15.2. The highest BCUT2D eigenvalue weighted by Crippen LogP contribution is 2.49. The molecule has 162 valence electrons. The summed E-state index contributed by atoms with van der Waals surface area (Å²) in [4.78, 5) is 14.1. The first-order chi connectivity index (χ1) is 17.4. The largest absolute Gasteiger partial charge is 0.290 e. The van der Waals surface area contributed by atoms with Crippen LogP contribution in [0.4, 0.5) is 0 Å². The molecule has 0 N–H and O–H groups in total. The fourth-order valence-corrected chi connectivity index (χ4v) is 6.58. The molecule has 0 atom stereocenters. The van der Waals surface area contributed by atoms with Gasteiger partial charge in [0.25, 0.3) is 0 Å². The zero-order chi connectivity index (χ0) is 22.7. The van der Waals surface area contributed by atoms with Gasteiger partial charge in [0.1, 0.15) is 5.65 Å². The maximum atomic E-state index is 5.07. The minimum Gasteiger partial charge on any atom is -0.290 e. The van der Waals surface area contributed by atoms with E-state index in [1.54, 1.807) is 0 Å². The van der Waals surface area contributed by atoms with Gasteiger partial charge in [0.2, 0.25) is 0 Å². The van der Waals surface area contributed by atoms with E-state index in [-0.39, 0.29) is 0 Å². The van der Waals surface area contributed by atoms with Gasteiger partial charge in [-0.05, 0) is 80.9 Å². The molecule has 9 rings (SSSR count). The Bertz CT molecular complexity index is 2070. The maximum Gasteiger partial charge on any atom is 0.178 e. The molecule has 0 unspecified atom stereocenters. The molecule has 4 aromatic heterocycles. The molecule has 0 fully saturated rings. The lowest BCUT2D eigenvalue weighted by atomic mass is 9.96.